The van der Waals surface area contributed by atoms with Crippen molar-refractivity contribution in [1.82, 2.24) is 30.7 Å². The highest BCUT2D eigenvalue weighted by Crippen LogP contribution is 2.23. The third-order valence-electron chi connectivity index (χ3n) is 9.33. The first kappa shape index (κ1) is 34.6. The minimum atomic E-state index is -0.960. The molecule has 0 spiro atoms. The number of aromatic nitrogens is 1. The summed E-state index contributed by atoms with van der Waals surface area (Å²) < 4.78 is 5.72. The molecule has 0 unspecified atom stereocenters. The van der Waals surface area contributed by atoms with Crippen molar-refractivity contribution in [2.45, 2.75) is 77.5 Å². The molecule has 5 amide bonds. The molecule has 48 heavy (non-hydrogen) atoms. The van der Waals surface area contributed by atoms with Crippen LogP contribution in [0.4, 0.5) is 5.69 Å². The summed E-state index contributed by atoms with van der Waals surface area (Å²) >= 11 is 0. The van der Waals surface area contributed by atoms with Gasteiger partial charge in [0, 0.05) is 57.2 Å². The van der Waals surface area contributed by atoms with Crippen LogP contribution in [0, 0.1) is 12.8 Å². The van der Waals surface area contributed by atoms with Gasteiger partial charge in [0.25, 0.3) is 5.91 Å². The average molecular weight is 662 g/mol. The molecule has 4 atom stereocenters. The van der Waals surface area contributed by atoms with Gasteiger partial charge in [-0.2, -0.15) is 0 Å². The number of anilines is 1. The van der Waals surface area contributed by atoms with Crippen LogP contribution in [-0.4, -0.2) is 108 Å². The van der Waals surface area contributed by atoms with Crippen LogP contribution in [0.15, 0.2) is 42.7 Å². The second-order valence-corrected chi connectivity index (χ2v) is 13.2. The van der Waals surface area contributed by atoms with Crippen LogP contribution in [0.2, 0.25) is 0 Å². The molecule has 0 saturated carbocycles. The molecule has 6 rings (SSSR count). The molecule has 4 aliphatic rings. The maximum absolute atomic E-state index is 14.1. The van der Waals surface area contributed by atoms with Crippen molar-refractivity contribution in [2.24, 2.45) is 5.92 Å². The fourth-order valence-electron chi connectivity index (χ4n) is 6.61. The second-order valence-electron chi connectivity index (χ2n) is 13.2. The molecular weight excluding hydrogens is 614 g/mol. The molecule has 1 aromatic carbocycles. The molecule has 2 fully saturated rings. The Morgan fingerprint density at radius 1 is 0.917 bits per heavy atom. The Hall–Kier alpha value is -4.68. The number of carbonyl (C=O) groups is 5. The SMILES string of the molecule is Cc1cnccc1N1CCCN(C(=O)[C@@H]2Cc3ccc(cc3)OCC(=O)N[C@@H](C(C)C)C(=O)N3CCC[C@@H]3C(=O)N[C@@H](C)C(=O)N2)CC1. The highest BCUT2D eigenvalue weighted by atomic mass is 16.5. The lowest BCUT2D eigenvalue weighted by Gasteiger charge is -2.31. The molecule has 13 nitrogen and oxygen atoms in total. The van der Waals surface area contributed by atoms with Crippen LogP contribution < -0.4 is 25.6 Å². The molecule has 2 saturated heterocycles. The number of fused-ring (bicyclic) bond motifs is 13. The van der Waals surface area contributed by atoms with E-state index in [1.165, 1.54) is 4.90 Å². The Morgan fingerprint density at radius 2 is 1.69 bits per heavy atom. The number of pyridine rings is 1. The van der Waals surface area contributed by atoms with E-state index in [2.05, 4.69) is 25.8 Å². The number of ether oxygens (including phenoxy) is 1. The first-order chi connectivity index (χ1) is 23.0. The summed E-state index contributed by atoms with van der Waals surface area (Å²) in [5.41, 5.74) is 2.94. The van der Waals surface area contributed by atoms with E-state index in [1.54, 1.807) is 42.3 Å². The number of aryl methyl sites for hydroxylation is 1. The fraction of sp³-hybridized carbons (Fsp3) is 0.543. The highest BCUT2D eigenvalue weighted by molar-refractivity contribution is 5.96. The fourth-order valence-corrected chi connectivity index (χ4v) is 6.61. The summed E-state index contributed by atoms with van der Waals surface area (Å²) in [6.45, 7) is 9.77. The van der Waals surface area contributed by atoms with E-state index >= 15 is 0 Å². The lowest BCUT2D eigenvalue weighted by Crippen LogP contribution is -2.58. The zero-order valence-electron chi connectivity index (χ0n) is 28.2. The highest BCUT2D eigenvalue weighted by Gasteiger charge is 2.40. The maximum atomic E-state index is 14.1. The largest absolute Gasteiger partial charge is 0.484 e. The number of carbonyl (C=O) groups excluding carboxylic acids is 5. The molecule has 0 aliphatic carbocycles. The van der Waals surface area contributed by atoms with Gasteiger partial charge in [0.15, 0.2) is 6.61 Å². The minimum absolute atomic E-state index is 0.203. The Kier molecular flexibility index (Phi) is 11.2. The number of nitrogens with zero attached hydrogens (tertiary/aromatic N) is 4. The van der Waals surface area contributed by atoms with Gasteiger partial charge in [-0.15, -0.1) is 0 Å². The van der Waals surface area contributed by atoms with Crippen LogP contribution >= 0.6 is 0 Å². The predicted molar refractivity (Wildman–Crippen MR) is 179 cm³/mol. The first-order valence-corrected chi connectivity index (χ1v) is 16.9. The van der Waals surface area contributed by atoms with E-state index in [9.17, 15) is 24.0 Å². The standard InChI is InChI=1S/C35H47N7O6/c1-22(2)31-35(47)42-16-5-7-29(42)33(45)37-24(4)32(44)38-27(19-25-8-10-26(11-9-25)48-21-30(43)39-31)34(46)41-15-6-14-40(17-18-41)28-12-13-36-20-23(28)3/h8-13,20,22,24,27,29,31H,5-7,14-19,21H2,1-4H3,(H,37,45)(H,38,44)(H,39,43)/t24-,27-,29+,31-/m0/s1. The summed E-state index contributed by atoms with van der Waals surface area (Å²) in [7, 11) is 0. The number of hydrogen-bond acceptors (Lipinski definition) is 8. The topological polar surface area (TPSA) is 153 Å². The average Bonchev–Trinajstić information content (AvgIpc) is 3.44. The Morgan fingerprint density at radius 3 is 2.42 bits per heavy atom. The number of rotatable bonds is 3. The van der Waals surface area contributed by atoms with Gasteiger partial charge in [0.2, 0.25) is 23.6 Å². The first-order valence-electron chi connectivity index (χ1n) is 16.9. The number of hydrogen-bond donors (Lipinski definition) is 3. The van der Waals surface area contributed by atoms with E-state index in [4.69, 9.17) is 4.74 Å². The van der Waals surface area contributed by atoms with Crippen LogP contribution in [0.3, 0.4) is 0 Å². The summed E-state index contributed by atoms with van der Waals surface area (Å²) in [5.74, 6) is -1.73. The van der Waals surface area contributed by atoms with E-state index in [0.29, 0.717) is 44.8 Å². The van der Waals surface area contributed by atoms with E-state index in [-0.39, 0.29) is 30.8 Å². The van der Waals surface area contributed by atoms with E-state index < -0.39 is 41.9 Å². The number of amides is 5. The van der Waals surface area contributed by atoms with Gasteiger partial charge in [-0.3, -0.25) is 29.0 Å². The monoisotopic (exact) mass is 661 g/mol. The van der Waals surface area contributed by atoms with Crippen molar-refractivity contribution < 1.29 is 28.7 Å². The Bertz CT molecular complexity index is 1500. The van der Waals surface area contributed by atoms with Gasteiger partial charge in [-0.25, -0.2) is 0 Å². The smallest absolute Gasteiger partial charge is 0.258 e. The van der Waals surface area contributed by atoms with E-state index in [0.717, 1.165) is 29.8 Å². The lowest BCUT2D eigenvalue weighted by molar-refractivity contribution is -0.143. The molecule has 0 radical (unpaired) electrons. The van der Waals surface area contributed by atoms with Gasteiger partial charge in [0.1, 0.15) is 29.9 Å². The molecule has 5 heterocycles. The molecule has 2 aromatic rings. The van der Waals surface area contributed by atoms with Crippen molar-refractivity contribution in [3.63, 3.8) is 0 Å². The lowest BCUT2D eigenvalue weighted by atomic mass is 10.0. The molecule has 13 heteroatoms. The summed E-state index contributed by atoms with van der Waals surface area (Å²) in [5, 5.41) is 8.48. The molecule has 4 aliphatic heterocycles. The van der Waals surface area contributed by atoms with Crippen molar-refractivity contribution in [3.05, 3.63) is 53.9 Å². The number of benzene rings is 1. The van der Waals surface area contributed by atoms with Crippen molar-refractivity contribution in [1.29, 1.82) is 0 Å². The predicted octanol–water partition coefficient (Wildman–Crippen LogP) is 1.19. The van der Waals surface area contributed by atoms with Gasteiger partial charge < -0.3 is 35.4 Å². The normalized spacial score (nSPS) is 24.8. The zero-order chi connectivity index (χ0) is 34.4. The van der Waals surface area contributed by atoms with Gasteiger partial charge >= 0.3 is 0 Å². The third-order valence-corrected chi connectivity index (χ3v) is 9.33. The molecule has 2 bridgehead atoms. The van der Waals surface area contributed by atoms with Crippen LogP contribution in [0.1, 0.15) is 51.2 Å². The molecule has 3 N–H and O–H groups in total. The summed E-state index contributed by atoms with van der Waals surface area (Å²) in [4.78, 5) is 77.3. The van der Waals surface area contributed by atoms with Gasteiger partial charge in [0.05, 0.1) is 0 Å². The van der Waals surface area contributed by atoms with E-state index in [1.807, 2.05) is 33.0 Å². The van der Waals surface area contributed by atoms with Crippen molar-refractivity contribution >= 4 is 35.2 Å². The van der Waals surface area contributed by atoms with Crippen LogP contribution in [-0.2, 0) is 30.4 Å². The van der Waals surface area contributed by atoms with Crippen molar-refractivity contribution in [3.8, 4) is 5.75 Å². The third kappa shape index (κ3) is 8.23. The van der Waals surface area contributed by atoms with Crippen LogP contribution in [0.5, 0.6) is 5.75 Å². The Labute approximate surface area is 281 Å². The zero-order valence-corrected chi connectivity index (χ0v) is 28.2. The minimum Gasteiger partial charge on any atom is -0.484 e. The molecular formula is C35H47N7O6. The number of nitrogens with one attached hydrogen (secondary N) is 3. The van der Waals surface area contributed by atoms with Gasteiger partial charge in [-0.1, -0.05) is 26.0 Å². The molecule has 1 aromatic heterocycles. The summed E-state index contributed by atoms with van der Waals surface area (Å²) in [6.07, 6.45) is 5.63. The summed E-state index contributed by atoms with van der Waals surface area (Å²) in [6, 6.07) is 5.54. The van der Waals surface area contributed by atoms with Gasteiger partial charge in [-0.05, 0) is 68.4 Å². The van der Waals surface area contributed by atoms with Crippen LogP contribution in [0.25, 0.3) is 0 Å². The van der Waals surface area contributed by atoms with Crippen molar-refractivity contribution in [2.75, 3.05) is 44.2 Å². The quantitative estimate of drug-likeness (QED) is 0.444. The maximum Gasteiger partial charge on any atom is 0.258 e. The Balaban J connectivity index is 1.37. The molecule has 258 valence electrons. The second kappa shape index (κ2) is 15.5.